The zero-order chi connectivity index (χ0) is 11.9. The molecule has 1 saturated heterocycles. The van der Waals surface area contributed by atoms with Crippen molar-refractivity contribution >= 4 is 40.2 Å². The zero-order valence-electron chi connectivity index (χ0n) is 8.15. The Balaban J connectivity index is 2.44. The highest BCUT2D eigenvalue weighted by Crippen LogP contribution is 2.36. The summed E-state index contributed by atoms with van der Waals surface area (Å²) in [5, 5.41) is 9.50. The van der Waals surface area contributed by atoms with Gasteiger partial charge in [-0.05, 0) is 12.1 Å². The molecule has 2 rings (SSSR count). The first kappa shape index (κ1) is 11.7. The number of carbonyl (C=O) groups excluding carboxylic acids is 1. The first-order chi connectivity index (χ1) is 7.49. The summed E-state index contributed by atoms with van der Waals surface area (Å²) in [4.78, 5) is 12.9. The largest absolute Gasteiger partial charge is 0.503 e. The number of hydrogen-bond acceptors (Lipinski definition) is 3. The van der Waals surface area contributed by atoms with Gasteiger partial charge in [0.2, 0.25) is 5.91 Å². The molecule has 0 bridgehead atoms. The van der Waals surface area contributed by atoms with E-state index in [4.69, 9.17) is 0 Å². The number of phenolic OH excluding ortho intramolecular Hbond substituents is 1. The second-order valence-electron chi connectivity index (χ2n) is 3.62. The second-order valence-corrected chi connectivity index (χ2v) is 5.26. The lowest BCUT2D eigenvalue weighted by atomic mass is 10.2. The van der Waals surface area contributed by atoms with E-state index in [2.05, 4.69) is 28.6 Å². The molecule has 1 N–H and O–H groups in total. The maximum atomic E-state index is 13.3. The number of halogens is 2. The number of carbonyl (C=O) groups is 1. The summed E-state index contributed by atoms with van der Waals surface area (Å²) in [6.45, 7) is 0.380. The van der Waals surface area contributed by atoms with Crippen molar-refractivity contribution in [2.75, 3.05) is 11.4 Å². The van der Waals surface area contributed by atoms with Gasteiger partial charge < -0.3 is 10.0 Å². The Labute approximate surface area is 106 Å². The lowest BCUT2D eigenvalue weighted by molar-refractivity contribution is -0.117. The highest BCUT2D eigenvalue weighted by molar-refractivity contribution is 9.10. The van der Waals surface area contributed by atoms with Gasteiger partial charge in [0.05, 0.1) is 5.69 Å². The molecule has 1 unspecified atom stereocenters. The van der Waals surface area contributed by atoms with Crippen LogP contribution in [0.15, 0.2) is 16.6 Å². The maximum Gasteiger partial charge on any atom is 0.228 e. The summed E-state index contributed by atoms with van der Waals surface area (Å²) < 4.78 is 13.8. The van der Waals surface area contributed by atoms with Gasteiger partial charge in [-0.15, -0.1) is 0 Å². The molecule has 0 saturated carbocycles. The summed E-state index contributed by atoms with van der Waals surface area (Å²) in [5.74, 6) is -1.41. The first-order valence-electron chi connectivity index (χ1n) is 4.65. The molecule has 0 aliphatic carbocycles. The van der Waals surface area contributed by atoms with Crippen LogP contribution in [0.3, 0.4) is 0 Å². The lowest BCUT2D eigenvalue weighted by Gasteiger charge is -2.18. The average molecular weight is 306 g/mol. The highest BCUT2D eigenvalue weighted by Gasteiger charge is 2.30. The van der Waals surface area contributed by atoms with E-state index in [0.29, 0.717) is 17.4 Å². The Hall–Kier alpha value is -0.750. The van der Waals surface area contributed by atoms with Gasteiger partial charge in [-0.1, -0.05) is 15.9 Å². The zero-order valence-corrected chi connectivity index (χ0v) is 10.6. The molecular formula is C10H9BrFNO2S. The molecule has 1 aromatic rings. The number of aromatic hydroxyl groups is 1. The van der Waals surface area contributed by atoms with E-state index in [9.17, 15) is 14.3 Å². The minimum absolute atomic E-state index is 0.0751. The monoisotopic (exact) mass is 305 g/mol. The third kappa shape index (κ3) is 2.04. The van der Waals surface area contributed by atoms with Crippen molar-refractivity contribution in [3.05, 3.63) is 22.4 Å². The van der Waals surface area contributed by atoms with Gasteiger partial charge in [0.1, 0.15) is 0 Å². The number of rotatable bonds is 1. The number of phenols is 1. The van der Waals surface area contributed by atoms with Crippen LogP contribution < -0.4 is 4.90 Å². The Morgan fingerprint density at radius 1 is 1.56 bits per heavy atom. The van der Waals surface area contributed by atoms with Gasteiger partial charge in [-0.25, -0.2) is 4.39 Å². The van der Waals surface area contributed by atoms with Crippen LogP contribution in [0.5, 0.6) is 5.75 Å². The standard InChI is InChI=1S/C10H9BrFNO2S/c11-5-1-7(12)10(15)8(2-5)13-4-6(16)3-9(13)14/h1-2,6,15-16H,3-4H2. The Bertz CT molecular complexity index is 455. The molecule has 1 fully saturated rings. The Morgan fingerprint density at radius 3 is 2.81 bits per heavy atom. The predicted octanol–water partition coefficient (Wildman–Crippen LogP) is 2.33. The fraction of sp³-hybridized carbons (Fsp3) is 0.300. The number of nitrogens with zero attached hydrogens (tertiary/aromatic N) is 1. The van der Waals surface area contributed by atoms with E-state index in [0.717, 1.165) is 6.07 Å². The summed E-state index contributed by atoms with van der Waals surface area (Å²) in [7, 11) is 0. The van der Waals surface area contributed by atoms with Crippen LogP contribution in [0.4, 0.5) is 10.1 Å². The number of benzene rings is 1. The van der Waals surface area contributed by atoms with Gasteiger partial charge >= 0.3 is 0 Å². The molecule has 0 spiro atoms. The molecule has 0 aromatic heterocycles. The number of thiol groups is 1. The van der Waals surface area contributed by atoms with Gasteiger partial charge in [0.15, 0.2) is 11.6 Å². The maximum absolute atomic E-state index is 13.3. The normalized spacial score (nSPS) is 20.6. The highest BCUT2D eigenvalue weighted by atomic mass is 79.9. The molecular weight excluding hydrogens is 297 g/mol. The minimum atomic E-state index is -0.750. The van der Waals surface area contributed by atoms with Crippen LogP contribution in [0, 0.1) is 5.82 Å². The van der Waals surface area contributed by atoms with Gasteiger partial charge in [-0.2, -0.15) is 12.6 Å². The quantitative estimate of drug-likeness (QED) is 0.782. The summed E-state index contributed by atoms with van der Waals surface area (Å²) in [6.07, 6.45) is 0.302. The molecule has 1 heterocycles. The summed E-state index contributed by atoms with van der Waals surface area (Å²) >= 11 is 7.32. The van der Waals surface area contributed by atoms with Crippen LogP contribution in [0.2, 0.25) is 0 Å². The molecule has 1 atom stereocenters. The molecule has 1 aliphatic rings. The third-order valence-electron chi connectivity index (χ3n) is 2.40. The minimum Gasteiger partial charge on any atom is -0.503 e. The van der Waals surface area contributed by atoms with E-state index >= 15 is 0 Å². The van der Waals surface area contributed by atoms with E-state index in [-0.39, 0.29) is 16.8 Å². The number of hydrogen-bond donors (Lipinski definition) is 2. The Morgan fingerprint density at radius 2 is 2.25 bits per heavy atom. The molecule has 0 radical (unpaired) electrons. The molecule has 1 aromatic carbocycles. The van der Waals surface area contributed by atoms with Crippen LogP contribution >= 0.6 is 28.6 Å². The molecule has 1 amide bonds. The van der Waals surface area contributed by atoms with Crippen molar-refractivity contribution in [1.82, 2.24) is 0 Å². The first-order valence-corrected chi connectivity index (χ1v) is 5.96. The number of amides is 1. The van der Waals surface area contributed by atoms with E-state index in [1.807, 2.05) is 0 Å². The molecule has 86 valence electrons. The SMILES string of the molecule is O=C1CC(S)CN1c1cc(Br)cc(F)c1O. The van der Waals surface area contributed by atoms with Crippen LogP contribution in [0.1, 0.15) is 6.42 Å². The van der Waals surface area contributed by atoms with E-state index < -0.39 is 11.6 Å². The second kappa shape index (κ2) is 4.25. The fourth-order valence-corrected chi connectivity index (χ4v) is 2.42. The van der Waals surface area contributed by atoms with Crippen LogP contribution in [0.25, 0.3) is 0 Å². The van der Waals surface area contributed by atoms with E-state index in [1.165, 1.54) is 11.0 Å². The van der Waals surface area contributed by atoms with Crippen molar-refractivity contribution in [3.63, 3.8) is 0 Å². The molecule has 16 heavy (non-hydrogen) atoms. The van der Waals surface area contributed by atoms with Crippen LogP contribution in [-0.2, 0) is 4.79 Å². The lowest BCUT2D eigenvalue weighted by Crippen LogP contribution is -2.24. The third-order valence-corrected chi connectivity index (χ3v) is 3.21. The van der Waals surface area contributed by atoms with Crippen molar-refractivity contribution in [2.45, 2.75) is 11.7 Å². The van der Waals surface area contributed by atoms with E-state index in [1.54, 1.807) is 0 Å². The van der Waals surface area contributed by atoms with Gasteiger partial charge in [-0.3, -0.25) is 4.79 Å². The molecule has 1 aliphatic heterocycles. The number of anilines is 1. The summed E-state index contributed by atoms with van der Waals surface area (Å²) in [6, 6.07) is 2.67. The molecule has 3 nitrogen and oxygen atoms in total. The smallest absolute Gasteiger partial charge is 0.228 e. The predicted molar refractivity (Wildman–Crippen MR) is 65.5 cm³/mol. The Kier molecular flexibility index (Phi) is 3.12. The fourth-order valence-electron chi connectivity index (χ4n) is 1.68. The summed E-state index contributed by atoms with van der Waals surface area (Å²) in [5.41, 5.74) is 0.188. The topological polar surface area (TPSA) is 40.5 Å². The average Bonchev–Trinajstić information content (AvgIpc) is 2.51. The van der Waals surface area contributed by atoms with Crippen molar-refractivity contribution in [1.29, 1.82) is 0 Å². The van der Waals surface area contributed by atoms with Crippen molar-refractivity contribution in [2.24, 2.45) is 0 Å². The van der Waals surface area contributed by atoms with Gasteiger partial charge in [0.25, 0.3) is 0 Å². The van der Waals surface area contributed by atoms with Gasteiger partial charge in [0, 0.05) is 22.7 Å². The van der Waals surface area contributed by atoms with Crippen molar-refractivity contribution < 1.29 is 14.3 Å². The van der Waals surface area contributed by atoms with Crippen molar-refractivity contribution in [3.8, 4) is 5.75 Å². The molecule has 6 heteroatoms. The van der Waals surface area contributed by atoms with Crippen LogP contribution in [-0.4, -0.2) is 22.8 Å².